The molecule has 5 heteroatoms. The second-order valence-electron chi connectivity index (χ2n) is 4.53. The summed E-state index contributed by atoms with van der Waals surface area (Å²) in [5.41, 5.74) is 1.85. The molecule has 5 nitrogen and oxygen atoms in total. The molecule has 0 bridgehead atoms. The number of anilines is 1. The van der Waals surface area contributed by atoms with Gasteiger partial charge in [-0.15, -0.1) is 0 Å². The first kappa shape index (κ1) is 13.5. The number of aliphatic carboxylic acids is 1. The topological polar surface area (TPSA) is 62.7 Å². The van der Waals surface area contributed by atoms with Crippen molar-refractivity contribution in [3.63, 3.8) is 0 Å². The number of aryl methyl sites for hydroxylation is 1. The molecule has 0 unspecified atom stereocenters. The van der Waals surface area contributed by atoms with Gasteiger partial charge in [0.1, 0.15) is 5.82 Å². The molecule has 0 aromatic carbocycles. The standard InChI is InChI=1S/C14H18N2O3/c1-11-9-12(3-4-13(17)18)10-15-14(11)16-5-2-7-19-8-6-16/h3-4,9-10H,2,5-8H2,1H3,(H,17,18)/b4-3+. The van der Waals surface area contributed by atoms with Gasteiger partial charge in [-0.25, -0.2) is 9.78 Å². The van der Waals surface area contributed by atoms with Gasteiger partial charge in [0, 0.05) is 32.0 Å². The Morgan fingerprint density at radius 3 is 3.05 bits per heavy atom. The van der Waals surface area contributed by atoms with Crippen LogP contribution in [-0.4, -0.2) is 42.4 Å². The Labute approximate surface area is 112 Å². The van der Waals surface area contributed by atoms with Crippen LogP contribution in [0.1, 0.15) is 17.5 Å². The maximum absolute atomic E-state index is 10.5. The van der Waals surface area contributed by atoms with Gasteiger partial charge in [-0.3, -0.25) is 0 Å². The van der Waals surface area contributed by atoms with E-state index in [0.717, 1.165) is 55.7 Å². The van der Waals surface area contributed by atoms with Crippen molar-refractivity contribution in [2.24, 2.45) is 0 Å². The monoisotopic (exact) mass is 262 g/mol. The van der Waals surface area contributed by atoms with Crippen molar-refractivity contribution in [3.05, 3.63) is 29.5 Å². The zero-order valence-electron chi connectivity index (χ0n) is 11.0. The second-order valence-corrected chi connectivity index (χ2v) is 4.53. The molecule has 0 atom stereocenters. The van der Waals surface area contributed by atoms with Gasteiger partial charge in [-0.2, -0.15) is 0 Å². The molecule has 0 amide bonds. The SMILES string of the molecule is Cc1cc(/C=C/C(=O)O)cnc1N1CCCOCC1. The third-order valence-corrected chi connectivity index (χ3v) is 3.01. The van der Waals surface area contributed by atoms with Gasteiger partial charge in [0.25, 0.3) is 0 Å². The number of carboxylic acids is 1. The average Bonchev–Trinajstić information content (AvgIpc) is 2.65. The largest absolute Gasteiger partial charge is 0.478 e. The molecule has 19 heavy (non-hydrogen) atoms. The van der Waals surface area contributed by atoms with Crippen molar-refractivity contribution in [1.82, 2.24) is 4.98 Å². The minimum Gasteiger partial charge on any atom is -0.478 e. The lowest BCUT2D eigenvalue weighted by molar-refractivity contribution is -0.131. The first-order valence-electron chi connectivity index (χ1n) is 6.37. The summed E-state index contributed by atoms with van der Waals surface area (Å²) in [6.07, 6.45) is 5.38. The molecule has 1 aromatic rings. The van der Waals surface area contributed by atoms with Crippen molar-refractivity contribution in [2.75, 3.05) is 31.2 Å². The number of carbonyl (C=O) groups is 1. The quantitative estimate of drug-likeness (QED) is 0.840. The Bertz CT molecular complexity index is 478. The van der Waals surface area contributed by atoms with Gasteiger partial charge in [0.2, 0.25) is 0 Å². The van der Waals surface area contributed by atoms with Crippen molar-refractivity contribution >= 4 is 17.9 Å². The number of carboxylic acid groups (broad SMARTS) is 1. The summed E-state index contributed by atoms with van der Waals surface area (Å²) in [4.78, 5) is 17.1. The highest BCUT2D eigenvalue weighted by Gasteiger charge is 2.13. The maximum atomic E-state index is 10.5. The highest BCUT2D eigenvalue weighted by atomic mass is 16.5. The molecule has 1 N–H and O–H groups in total. The fraction of sp³-hybridized carbons (Fsp3) is 0.429. The molecule has 2 heterocycles. The summed E-state index contributed by atoms with van der Waals surface area (Å²) in [5, 5.41) is 8.60. The molecular weight excluding hydrogens is 244 g/mol. The summed E-state index contributed by atoms with van der Waals surface area (Å²) < 4.78 is 5.43. The Kier molecular flexibility index (Phi) is 4.52. The Morgan fingerprint density at radius 1 is 1.47 bits per heavy atom. The van der Waals surface area contributed by atoms with Gasteiger partial charge in [-0.05, 0) is 36.6 Å². The summed E-state index contributed by atoms with van der Waals surface area (Å²) in [5.74, 6) is 0.00405. The minimum absolute atomic E-state index is 0.724. The zero-order valence-corrected chi connectivity index (χ0v) is 11.0. The average molecular weight is 262 g/mol. The van der Waals surface area contributed by atoms with Crippen molar-refractivity contribution in [3.8, 4) is 0 Å². The number of nitrogens with zero attached hydrogens (tertiary/aromatic N) is 2. The van der Waals surface area contributed by atoms with Crippen LogP contribution in [0.15, 0.2) is 18.3 Å². The van der Waals surface area contributed by atoms with Crippen LogP contribution in [0.25, 0.3) is 6.08 Å². The van der Waals surface area contributed by atoms with Crippen molar-refractivity contribution in [1.29, 1.82) is 0 Å². The van der Waals surface area contributed by atoms with Gasteiger partial charge in [-0.1, -0.05) is 0 Å². The van der Waals surface area contributed by atoms with Crippen LogP contribution < -0.4 is 4.90 Å². The van der Waals surface area contributed by atoms with E-state index < -0.39 is 5.97 Å². The van der Waals surface area contributed by atoms with Gasteiger partial charge < -0.3 is 14.7 Å². The molecule has 0 saturated carbocycles. The molecule has 1 saturated heterocycles. The van der Waals surface area contributed by atoms with Crippen LogP contribution in [0.5, 0.6) is 0 Å². The van der Waals surface area contributed by atoms with Gasteiger partial charge in [0.15, 0.2) is 0 Å². The predicted molar refractivity (Wildman–Crippen MR) is 73.3 cm³/mol. The van der Waals surface area contributed by atoms with E-state index in [1.165, 1.54) is 0 Å². The molecule has 0 aliphatic carbocycles. The number of pyridine rings is 1. The van der Waals surface area contributed by atoms with E-state index in [-0.39, 0.29) is 0 Å². The highest BCUT2D eigenvalue weighted by Crippen LogP contribution is 2.19. The van der Waals surface area contributed by atoms with E-state index in [1.807, 2.05) is 13.0 Å². The Balaban J connectivity index is 2.16. The molecule has 102 valence electrons. The van der Waals surface area contributed by atoms with E-state index in [9.17, 15) is 4.79 Å². The number of hydrogen-bond acceptors (Lipinski definition) is 4. The number of aromatic nitrogens is 1. The van der Waals surface area contributed by atoms with Crippen molar-refractivity contribution in [2.45, 2.75) is 13.3 Å². The Hall–Kier alpha value is -1.88. The van der Waals surface area contributed by atoms with Gasteiger partial charge in [0.05, 0.1) is 6.61 Å². The van der Waals surface area contributed by atoms with Crippen molar-refractivity contribution < 1.29 is 14.6 Å². The molecule has 1 aliphatic heterocycles. The normalized spacial score (nSPS) is 16.6. The first-order chi connectivity index (χ1) is 9.16. The molecule has 2 rings (SSSR count). The third-order valence-electron chi connectivity index (χ3n) is 3.01. The molecule has 1 aliphatic rings. The van der Waals surface area contributed by atoms with Crippen LogP contribution in [0, 0.1) is 6.92 Å². The van der Waals surface area contributed by atoms with Crippen LogP contribution >= 0.6 is 0 Å². The number of ether oxygens (including phenoxy) is 1. The lowest BCUT2D eigenvalue weighted by atomic mass is 10.2. The van der Waals surface area contributed by atoms with Crippen LogP contribution in [0.2, 0.25) is 0 Å². The third kappa shape index (κ3) is 3.79. The second kappa shape index (κ2) is 6.33. The summed E-state index contributed by atoms with van der Waals surface area (Å²) in [6.45, 7) is 5.30. The van der Waals surface area contributed by atoms with Crippen LogP contribution in [0.3, 0.4) is 0 Å². The number of hydrogen-bond donors (Lipinski definition) is 1. The first-order valence-corrected chi connectivity index (χ1v) is 6.37. The maximum Gasteiger partial charge on any atom is 0.328 e. The molecule has 0 radical (unpaired) electrons. The lowest BCUT2D eigenvalue weighted by Gasteiger charge is -2.22. The van der Waals surface area contributed by atoms with E-state index in [2.05, 4.69) is 9.88 Å². The molecule has 1 fully saturated rings. The van der Waals surface area contributed by atoms with Gasteiger partial charge >= 0.3 is 5.97 Å². The smallest absolute Gasteiger partial charge is 0.328 e. The number of rotatable bonds is 3. The van der Waals surface area contributed by atoms with Crippen LogP contribution in [0.4, 0.5) is 5.82 Å². The summed E-state index contributed by atoms with van der Waals surface area (Å²) in [6, 6.07) is 1.95. The summed E-state index contributed by atoms with van der Waals surface area (Å²) in [7, 11) is 0. The Morgan fingerprint density at radius 2 is 2.32 bits per heavy atom. The zero-order chi connectivity index (χ0) is 13.7. The van der Waals surface area contributed by atoms with E-state index in [4.69, 9.17) is 9.84 Å². The minimum atomic E-state index is -0.952. The molecule has 1 aromatic heterocycles. The fourth-order valence-electron chi connectivity index (χ4n) is 2.14. The predicted octanol–water partition coefficient (Wildman–Crippen LogP) is 1.71. The fourth-order valence-corrected chi connectivity index (χ4v) is 2.14. The van der Waals surface area contributed by atoms with E-state index in [1.54, 1.807) is 12.3 Å². The van der Waals surface area contributed by atoms with E-state index >= 15 is 0 Å². The lowest BCUT2D eigenvalue weighted by Crippen LogP contribution is -2.27. The van der Waals surface area contributed by atoms with Crippen LogP contribution in [-0.2, 0) is 9.53 Å². The van der Waals surface area contributed by atoms with E-state index in [0.29, 0.717) is 0 Å². The molecule has 0 spiro atoms. The highest BCUT2D eigenvalue weighted by molar-refractivity contribution is 5.85. The molecular formula is C14H18N2O3. The summed E-state index contributed by atoms with van der Waals surface area (Å²) >= 11 is 0.